The summed E-state index contributed by atoms with van der Waals surface area (Å²) in [5.74, 6) is -0.873. The molecule has 2 bridgehead atoms. The van der Waals surface area contributed by atoms with Gasteiger partial charge < -0.3 is 4.98 Å². The van der Waals surface area contributed by atoms with E-state index in [9.17, 15) is 18.8 Å². The molecule has 9 heteroatoms. The first-order valence-corrected chi connectivity index (χ1v) is 13.2. The molecule has 1 aromatic carbocycles. The first-order chi connectivity index (χ1) is 15.5. The number of thioether (sulfide) groups is 1. The summed E-state index contributed by atoms with van der Waals surface area (Å²) in [5.41, 5.74) is 0.448. The number of halogens is 1. The largest absolute Gasteiger partial charge is 0.307 e. The quantitative estimate of drug-likeness (QED) is 0.550. The fraction of sp³-hybridized carbons (Fsp3) is 0.348. The molecule has 1 saturated heterocycles. The third-order valence-corrected chi connectivity index (χ3v) is 11.2. The maximum Gasteiger partial charge on any atom is 0.305 e. The molecule has 2 aliphatic carbocycles. The van der Waals surface area contributed by atoms with Crippen LogP contribution in [0.25, 0.3) is 0 Å². The highest BCUT2D eigenvalue weighted by Gasteiger charge is 2.69. The Morgan fingerprint density at radius 2 is 1.75 bits per heavy atom. The average molecular weight is 485 g/mol. The summed E-state index contributed by atoms with van der Waals surface area (Å²) in [6.07, 6.45) is 0.869. The molecule has 2 aromatic heterocycles. The molecule has 162 valence electrons. The SMILES string of the molecule is O=C1[C@@H]2[C@H]3C[C@@H]([C@@H]2C(=O)N1c1ccc(F)cc1)[C@@H]1[C@H](c2cccs2)c2sc(=O)[nH]c2S[C@H]31. The summed E-state index contributed by atoms with van der Waals surface area (Å²) in [5, 5.41) is 3.17. The van der Waals surface area contributed by atoms with Crippen molar-refractivity contribution in [3.63, 3.8) is 0 Å². The zero-order chi connectivity index (χ0) is 21.7. The van der Waals surface area contributed by atoms with Gasteiger partial charge >= 0.3 is 4.87 Å². The van der Waals surface area contributed by atoms with Crippen molar-refractivity contribution in [1.82, 2.24) is 4.98 Å². The fourth-order valence-corrected chi connectivity index (χ4v) is 10.5. The predicted octanol–water partition coefficient (Wildman–Crippen LogP) is 4.31. The molecule has 7 atom stereocenters. The van der Waals surface area contributed by atoms with Crippen molar-refractivity contribution in [3.8, 4) is 0 Å². The lowest BCUT2D eigenvalue weighted by molar-refractivity contribution is -0.123. The van der Waals surface area contributed by atoms with Gasteiger partial charge in [0.1, 0.15) is 5.82 Å². The Kier molecular flexibility index (Phi) is 4.00. The Hall–Kier alpha value is -2.23. The van der Waals surface area contributed by atoms with Gasteiger partial charge in [0.05, 0.1) is 22.5 Å². The van der Waals surface area contributed by atoms with Gasteiger partial charge in [-0.15, -0.1) is 23.1 Å². The van der Waals surface area contributed by atoms with Crippen LogP contribution in [0.1, 0.15) is 22.1 Å². The number of nitrogens with one attached hydrogen (secondary N) is 1. The minimum absolute atomic E-state index is 0.0498. The topological polar surface area (TPSA) is 70.2 Å². The van der Waals surface area contributed by atoms with E-state index in [0.717, 1.165) is 16.3 Å². The standard InChI is InChI=1S/C23H17FN2O3S3/c24-9-3-5-10(6-4-9)26-21(27)15-11-8-12(16(15)22(26)28)18-14(11)17(13-2-1-7-30-13)19-20(31-18)25-23(29)32-19/h1-7,11-12,14-18H,8H2,(H,25,29)/t11-,12-,14-,15+,16-,17+,18-/m1/s1. The van der Waals surface area contributed by atoms with E-state index in [1.54, 1.807) is 23.1 Å². The molecule has 3 fully saturated rings. The molecule has 1 N–H and O–H groups in total. The number of hydrogen-bond donors (Lipinski definition) is 1. The van der Waals surface area contributed by atoms with Gasteiger partial charge in [-0.1, -0.05) is 17.4 Å². The molecule has 3 aromatic rings. The number of benzene rings is 1. The van der Waals surface area contributed by atoms with E-state index in [0.29, 0.717) is 5.69 Å². The van der Waals surface area contributed by atoms with Crippen molar-refractivity contribution in [2.45, 2.75) is 22.6 Å². The van der Waals surface area contributed by atoms with Crippen molar-refractivity contribution in [3.05, 3.63) is 67.0 Å². The Morgan fingerprint density at radius 1 is 1.00 bits per heavy atom. The summed E-state index contributed by atoms with van der Waals surface area (Å²) in [4.78, 5) is 45.7. The summed E-state index contributed by atoms with van der Waals surface area (Å²) in [6.45, 7) is 0. The number of imide groups is 1. The van der Waals surface area contributed by atoms with Crippen LogP contribution in [0.2, 0.25) is 0 Å². The third kappa shape index (κ3) is 2.42. The number of carbonyl (C=O) groups excluding carboxylic acids is 2. The first kappa shape index (κ1) is 19.3. The van der Waals surface area contributed by atoms with Crippen LogP contribution in [0.5, 0.6) is 0 Å². The lowest BCUT2D eigenvalue weighted by atomic mass is 9.69. The van der Waals surface area contributed by atoms with Crippen molar-refractivity contribution in [1.29, 1.82) is 0 Å². The lowest BCUT2D eigenvalue weighted by Gasteiger charge is -2.42. The number of rotatable bonds is 2. The van der Waals surface area contributed by atoms with Crippen molar-refractivity contribution < 1.29 is 14.0 Å². The van der Waals surface area contributed by atoms with Crippen LogP contribution in [0.4, 0.5) is 10.1 Å². The van der Waals surface area contributed by atoms with Crippen LogP contribution in [0, 0.1) is 35.4 Å². The Balaban J connectivity index is 1.32. The van der Waals surface area contributed by atoms with Crippen LogP contribution in [-0.2, 0) is 9.59 Å². The number of amides is 2. The molecular weight excluding hydrogens is 467 g/mol. The number of carbonyl (C=O) groups is 2. The predicted molar refractivity (Wildman–Crippen MR) is 122 cm³/mol. The van der Waals surface area contributed by atoms with E-state index in [1.807, 2.05) is 6.07 Å². The normalized spacial score (nSPS) is 34.7. The van der Waals surface area contributed by atoms with E-state index < -0.39 is 5.82 Å². The zero-order valence-corrected chi connectivity index (χ0v) is 19.0. The van der Waals surface area contributed by atoms with E-state index >= 15 is 0 Å². The second-order valence-corrected chi connectivity index (χ2v) is 12.1. The molecule has 2 aliphatic heterocycles. The number of aromatic amines is 1. The van der Waals surface area contributed by atoms with Gasteiger partial charge in [0, 0.05) is 20.9 Å². The molecule has 0 spiro atoms. The molecule has 32 heavy (non-hydrogen) atoms. The Morgan fingerprint density at radius 3 is 2.47 bits per heavy atom. The van der Waals surface area contributed by atoms with Gasteiger partial charge in [-0.2, -0.15) is 0 Å². The summed E-state index contributed by atoms with van der Waals surface area (Å²) in [6, 6.07) is 9.73. The Bertz CT molecular complexity index is 1310. The average Bonchev–Trinajstić information content (AvgIpc) is 3.57. The van der Waals surface area contributed by atoms with Crippen LogP contribution in [-0.4, -0.2) is 22.0 Å². The van der Waals surface area contributed by atoms with Crippen molar-refractivity contribution in [2.75, 3.05) is 4.90 Å². The number of H-pyrrole nitrogens is 1. The molecule has 5 nitrogen and oxygen atoms in total. The van der Waals surface area contributed by atoms with Crippen LogP contribution in [0.3, 0.4) is 0 Å². The second-order valence-electron chi connectivity index (χ2n) is 8.96. The minimum Gasteiger partial charge on any atom is -0.307 e. The van der Waals surface area contributed by atoms with Gasteiger partial charge in [-0.3, -0.25) is 19.3 Å². The molecule has 7 rings (SSSR count). The number of thiazole rings is 1. The maximum atomic E-state index is 13.5. The van der Waals surface area contributed by atoms with Crippen LogP contribution in [0.15, 0.2) is 51.6 Å². The van der Waals surface area contributed by atoms with Crippen LogP contribution < -0.4 is 9.77 Å². The summed E-state index contributed by atoms with van der Waals surface area (Å²) in [7, 11) is 0. The monoisotopic (exact) mass is 484 g/mol. The van der Waals surface area contributed by atoms with E-state index in [-0.39, 0.29) is 57.4 Å². The number of thiophene rings is 1. The number of fused-ring (bicyclic) bond motifs is 9. The number of nitrogens with zero attached hydrogens (tertiary/aromatic N) is 1. The van der Waals surface area contributed by atoms with E-state index in [4.69, 9.17) is 0 Å². The number of hydrogen-bond acceptors (Lipinski definition) is 6. The fourth-order valence-electron chi connectivity index (χ4n) is 6.65. The van der Waals surface area contributed by atoms with Crippen molar-refractivity contribution in [2.24, 2.45) is 29.6 Å². The van der Waals surface area contributed by atoms with Gasteiger partial charge in [-0.25, -0.2) is 4.39 Å². The first-order valence-electron chi connectivity index (χ1n) is 10.6. The highest BCUT2D eigenvalue weighted by molar-refractivity contribution is 8.00. The lowest BCUT2D eigenvalue weighted by Crippen LogP contribution is -2.42. The highest BCUT2D eigenvalue weighted by Crippen LogP contribution is 2.68. The zero-order valence-electron chi connectivity index (χ0n) is 16.6. The number of aromatic nitrogens is 1. The summed E-state index contributed by atoms with van der Waals surface area (Å²) < 4.78 is 13.4. The van der Waals surface area contributed by atoms with Gasteiger partial charge in [0.2, 0.25) is 11.8 Å². The molecule has 4 aliphatic rings. The van der Waals surface area contributed by atoms with E-state index in [2.05, 4.69) is 16.4 Å². The third-order valence-electron chi connectivity index (χ3n) is 7.66. The minimum atomic E-state index is -0.394. The molecule has 4 heterocycles. The van der Waals surface area contributed by atoms with Gasteiger partial charge in [-0.05, 0) is 59.9 Å². The second kappa shape index (κ2) is 6.65. The Labute approximate surface area is 194 Å². The van der Waals surface area contributed by atoms with Crippen molar-refractivity contribution >= 4 is 51.9 Å². The smallest absolute Gasteiger partial charge is 0.305 e. The van der Waals surface area contributed by atoms with Gasteiger partial charge in [0.15, 0.2) is 0 Å². The molecule has 2 saturated carbocycles. The number of anilines is 1. The highest BCUT2D eigenvalue weighted by atomic mass is 32.2. The summed E-state index contributed by atoms with van der Waals surface area (Å²) >= 11 is 4.65. The van der Waals surface area contributed by atoms with E-state index in [1.165, 1.54) is 45.4 Å². The molecule has 0 radical (unpaired) electrons. The molecule has 2 amide bonds. The molecular formula is C23H17FN2O3S3. The van der Waals surface area contributed by atoms with Gasteiger partial charge in [0.25, 0.3) is 0 Å². The molecule has 0 unspecified atom stereocenters. The van der Waals surface area contributed by atoms with Crippen LogP contribution >= 0.6 is 34.4 Å². The maximum absolute atomic E-state index is 13.5.